The first-order valence-electron chi connectivity index (χ1n) is 13.5. The van der Waals surface area contributed by atoms with Crippen molar-refractivity contribution in [1.29, 1.82) is 0 Å². The van der Waals surface area contributed by atoms with Gasteiger partial charge >= 0.3 is 11.7 Å². The molecule has 4 heterocycles. The lowest BCUT2D eigenvalue weighted by Gasteiger charge is -2.37. The van der Waals surface area contributed by atoms with Crippen LogP contribution in [0, 0.1) is 5.92 Å². The van der Waals surface area contributed by atoms with Gasteiger partial charge < -0.3 is 20.9 Å². The number of carbonyl (C=O) groups excluding carboxylic acids is 2. The molecule has 3 saturated heterocycles. The van der Waals surface area contributed by atoms with Gasteiger partial charge in [-0.2, -0.15) is 4.98 Å². The average Bonchev–Trinajstić information content (AvgIpc) is 3.36. The standard InChI is InChI=1S/C27H38N8O3/c1-27(2,28)24(36)33-13-15-34(16-14-33)25(37)30-23-9-12-35(26(38)31-23)21-5-3-19(4-6-21)17-32-11-8-22-20(18-32)7-10-29-22/h3-6,9,12,20,22,29H,7-8,10-11,13-18,28H2,1-2H3,(H,30,31,37,38)/t20-,22+/m0/s1. The summed E-state index contributed by atoms with van der Waals surface area (Å²) in [5, 5.41) is 6.31. The third-order valence-electron chi connectivity index (χ3n) is 7.80. The normalized spacial score (nSPS) is 22.3. The number of nitrogens with one attached hydrogen (secondary N) is 2. The summed E-state index contributed by atoms with van der Waals surface area (Å²) >= 11 is 0. The second-order valence-corrected chi connectivity index (χ2v) is 11.2. The zero-order valence-corrected chi connectivity index (χ0v) is 22.2. The maximum atomic E-state index is 12.7. The van der Waals surface area contributed by atoms with Crippen LogP contribution in [0.25, 0.3) is 5.69 Å². The molecule has 0 spiro atoms. The van der Waals surface area contributed by atoms with Crippen molar-refractivity contribution in [2.75, 3.05) is 51.1 Å². The molecule has 38 heavy (non-hydrogen) atoms. The number of carbonyl (C=O) groups is 2. The summed E-state index contributed by atoms with van der Waals surface area (Å²) in [6, 6.07) is 9.94. The molecule has 0 radical (unpaired) electrons. The van der Waals surface area contributed by atoms with E-state index in [0.29, 0.717) is 32.2 Å². The Labute approximate surface area is 223 Å². The maximum Gasteiger partial charge on any atom is 0.354 e. The molecule has 204 valence electrons. The second-order valence-electron chi connectivity index (χ2n) is 11.2. The van der Waals surface area contributed by atoms with Gasteiger partial charge in [0.05, 0.1) is 11.2 Å². The van der Waals surface area contributed by atoms with Crippen molar-refractivity contribution < 1.29 is 9.59 Å². The zero-order valence-electron chi connectivity index (χ0n) is 22.2. The Morgan fingerprint density at radius 3 is 2.45 bits per heavy atom. The fraction of sp³-hybridized carbons (Fsp3) is 0.556. The van der Waals surface area contributed by atoms with E-state index in [0.717, 1.165) is 37.8 Å². The molecule has 0 saturated carbocycles. The smallest absolute Gasteiger partial charge is 0.338 e. The number of aromatic nitrogens is 2. The summed E-state index contributed by atoms with van der Waals surface area (Å²) in [6.45, 7) is 9.22. The van der Waals surface area contributed by atoms with Crippen molar-refractivity contribution in [2.45, 2.75) is 44.8 Å². The van der Waals surface area contributed by atoms with Crippen molar-refractivity contribution in [3.8, 4) is 5.69 Å². The summed E-state index contributed by atoms with van der Waals surface area (Å²) in [7, 11) is 0. The molecule has 1 aromatic carbocycles. The number of amides is 3. The van der Waals surface area contributed by atoms with Crippen LogP contribution in [0.15, 0.2) is 41.3 Å². The molecule has 0 aliphatic carbocycles. The van der Waals surface area contributed by atoms with Crippen molar-refractivity contribution in [3.63, 3.8) is 0 Å². The number of rotatable bonds is 5. The number of hydrogen-bond acceptors (Lipinski definition) is 7. The summed E-state index contributed by atoms with van der Waals surface area (Å²) in [4.78, 5) is 47.6. The van der Waals surface area contributed by atoms with Crippen LogP contribution in [0.4, 0.5) is 10.6 Å². The van der Waals surface area contributed by atoms with E-state index in [4.69, 9.17) is 5.73 Å². The first-order valence-corrected chi connectivity index (χ1v) is 13.5. The van der Waals surface area contributed by atoms with E-state index in [9.17, 15) is 14.4 Å². The summed E-state index contributed by atoms with van der Waals surface area (Å²) < 4.78 is 1.47. The van der Waals surface area contributed by atoms with E-state index in [1.54, 1.807) is 35.9 Å². The Morgan fingerprint density at radius 2 is 1.76 bits per heavy atom. The number of nitrogens with two attached hydrogens (primary N) is 1. The minimum Gasteiger partial charge on any atom is -0.338 e. The van der Waals surface area contributed by atoms with Crippen LogP contribution >= 0.6 is 0 Å². The van der Waals surface area contributed by atoms with Crippen LogP contribution in [0.3, 0.4) is 0 Å². The summed E-state index contributed by atoms with van der Waals surface area (Å²) in [6.07, 6.45) is 4.09. The molecule has 11 heteroatoms. The molecule has 0 bridgehead atoms. The van der Waals surface area contributed by atoms with Gasteiger partial charge in [0.25, 0.3) is 0 Å². The highest BCUT2D eigenvalue weighted by Gasteiger charge is 2.33. The lowest BCUT2D eigenvalue weighted by molar-refractivity contribution is -0.137. The van der Waals surface area contributed by atoms with E-state index < -0.39 is 11.2 Å². The van der Waals surface area contributed by atoms with E-state index in [-0.39, 0.29) is 17.8 Å². The van der Waals surface area contributed by atoms with Crippen molar-refractivity contribution in [3.05, 3.63) is 52.6 Å². The third kappa shape index (κ3) is 5.90. The predicted octanol–water partition coefficient (Wildman–Crippen LogP) is 0.830. The van der Waals surface area contributed by atoms with Gasteiger partial charge in [-0.15, -0.1) is 0 Å². The highest BCUT2D eigenvalue weighted by molar-refractivity contribution is 5.89. The quantitative estimate of drug-likeness (QED) is 0.531. The molecule has 3 aliphatic heterocycles. The van der Waals surface area contributed by atoms with Gasteiger partial charge in [0.1, 0.15) is 5.82 Å². The Balaban J connectivity index is 1.15. The molecule has 3 amide bonds. The van der Waals surface area contributed by atoms with Gasteiger partial charge in [-0.1, -0.05) is 12.1 Å². The highest BCUT2D eigenvalue weighted by atomic mass is 16.2. The van der Waals surface area contributed by atoms with Crippen molar-refractivity contribution in [2.24, 2.45) is 11.7 Å². The number of anilines is 1. The molecule has 4 N–H and O–H groups in total. The minimum atomic E-state index is -0.941. The summed E-state index contributed by atoms with van der Waals surface area (Å²) in [5.41, 5.74) is 6.45. The monoisotopic (exact) mass is 522 g/mol. The van der Waals surface area contributed by atoms with E-state index in [1.807, 2.05) is 12.1 Å². The van der Waals surface area contributed by atoms with Crippen LogP contribution in [0.1, 0.15) is 32.3 Å². The molecule has 2 atom stereocenters. The molecule has 3 fully saturated rings. The van der Waals surface area contributed by atoms with Crippen LogP contribution < -0.4 is 22.1 Å². The van der Waals surface area contributed by atoms with Crippen LogP contribution in [0.5, 0.6) is 0 Å². The van der Waals surface area contributed by atoms with Gasteiger partial charge in [0.15, 0.2) is 0 Å². The number of nitrogens with zero attached hydrogens (tertiary/aromatic N) is 5. The number of hydrogen-bond donors (Lipinski definition) is 3. The molecular formula is C27H38N8O3. The van der Waals surface area contributed by atoms with E-state index in [2.05, 4.69) is 32.7 Å². The van der Waals surface area contributed by atoms with Crippen molar-refractivity contribution in [1.82, 2.24) is 29.6 Å². The fourth-order valence-corrected chi connectivity index (χ4v) is 5.66. The first-order chi connectivity index (χ1) is 18.2. The summed E-state index contributed by atoms with van der Waals surface area (Å²) in [5.74, 6) is 0.811. The minimum absolute atomic E-state index is 0.137. The Kier molecular flexibility index (Phi) is 7.51. The lowest BCUT2D eigenvalue weighted by atomic mass is 9.93. The molecule has 11 nitrogen and oxygen atoms in total. The van der Waals surface area contributed by atoms with Gasteiger partial charge in [-0.25, -0.2) is 9.59 Å². The average molecular weight is 523 g/mol. The van der Waals surface area contributed by atoms with Crippen LogP contribution in [-0.2, 0) is 11.3 Å². The Bertz CT molecular complexity index is 1210. The number of urea groups is 1. The predicted molar refractivity (Wildman–Crippen MR) is 145 cm³/mol. The SMILES string of the molecule is CC(C)(N)C(=O)N1CCN(C(=O)Nc2ccn(-c3ccc(CN4CC[C@H]5NCC[C@H]5C4)cc3)c(=O)n2)CC1. The molecule has 2 aromatic rings. The Morgan fingerprint density at radius 1 is 1.05 bits per heavy atom. The zero-order chi connectivity index (χ0) is 26.9. The van der Waals surface area contributed by atoms with Gasteiger partial charge in [0, 0.05) is 51.5 Å². The fourth-order valence-electron chi connectivity index (χ4n) is 5.66. The largest absolute Gasteiger partial charge is 0.354 e. The molecule has 5 rings (SSSR count). The Hall–Kier alpha value is -3.28. The van der Waals surface area contributed by atoms with Gasteiger partial charge in [-0.3, -0.25) is 19.6 Å². The number of piperazine rings is 1. The lowest BCUT2D eigenvalue weighted by Crippen LogP contribution is -2.58. The van der Waals surface area contributed by atoms with E-state index in [1.165, 1.54) is 23.0 Å². The topological polar surface area (TPSA) is 129 Å². The van der Waals surface area contributed by atoms with Crippen LogP contribution in [0.2, 0.25) is 0 Å². The van der Waals surface area contributed by atoms with E-state index >= 15 is 0 Å². The van der Waals surface area contributed by atoms with Crippen molar-refractivity contribution >= 4 is 17.8 Å². The molecule has 0 unspecified atom stereocenters. The number of fused-ring (bicyclic) bond motifs is 1. The number of likely N-dealkylation sites (tertiary alicyclic amines) is 1. The second kappa shape index (κ2) is 10.8. The molecule has 1 aromatic heterocycles. The van der Waals surface area contributed by atoms with Crippen LogP contribution in [-0.4, -0.2) is 93.6 Å². The third-order valence-corrected chi connectivity index (χ3v) is 7.80. The number of piperidine rings is 1. The number of benzene rings is 1. The highest BCUT2D eigenvalue weighted by Crippen LogP contribution is 2.25. The first kappa shape index (κ1) is 26.3. The molecule has 3 aliphatic rings. The maximum absolute atomic E-state index is 12.7. The van der Waals surface area contributed by atoms with Gasteiger partial charge in [0.2, 0.25) is 5.91 Å². The molecular weight excluding hydrogens is 484 g/mol. The van der Waals surface area contributed by atoms with Gasteiger partial charge in [-0.05, 0) is 69.5 Å².